The fourth-order valence-electron chi connectivity index (χ4n) is 4.87. The van der Waals surface area contributed by atoms with E-state index in [1.165, 1.54) is 32.1 Å². The van der Waals surface area contributed by atoms with E-state index in [9.17, 15) is 9.59 Å². The monoisotopic (exact) mass is 414 g/mol. The van der Waals surface area contributed by atoms with Crippen molar-refractivity contribution in [3.8, 4) is 0 Å². The van der Waals surface area contributed by atoms with Crippen LogP contribution < -0.4 is 16.0 Å². The first-order valence-electron chi connectivity index (χ1n) is 11.2. The standard InChI is InChI=1S/C21H38N4O2.ClH/c1-16(17-6-5-11-22-15-17)14-20(26)25-12-9-19(10-13-25)24-21(27)23-18-7-3-2-4-8-18;/h16-19,22H,2-15H2,1H3,(H2,23,24,27);1H. The zero-order valence-electron chi connectivity index (χ0n) is 17.4. The van der Waals surface area contributed by atoms with Crippen molar-refractivity contribution in [1.82, 2.24) is 20.9 Å². The first kappa shape index (κ1) is 23.3. The summed E-state index contributed by atoms with van der Waals surface area (Å²) in [6.45, 7) is 5.92. The van der Waals surface area contributed by atoms with Gasteiger partial charge in [0.2, 0.25) is 5.91 Å². The van der Waals surface area contributed by atoms with Crippen LogP contribution in [0, 0.1) is 11.8 Å². The van der Waals surface area contributed by atoms with Gasteiger partial charge in [0, 0.05) is 31.6 Å². The lowest BCUT2D eigenvalue weighted by atomic mass is 9.85. The number of carbonyl (C=O) groups is 2. The minimum atomic E-state index is -0.0231. The van der Waals surface area contributed by atoms with Crippen molar-refractivity contribution >= 4 is 24.3 Å². The highest BCUT2D eigenvalue weighted by molar-refractivity contribution is 5.85. The summed E-state index contributed by atoms with van der Waals surface area (Å²) in [5.41, 5.74) is 0. The van der Waals surface area contributed by atoms with E-state index >= 15 is 0 Å². The van der Waals surface area contributed by atoms with Crippen LogP contribution in [-0.4, -0.2) is 55.1 Å². The van der Waals surface area contributed by atoms with Crippen LogP contribution in [0.2, 0.25) is 0 Å². The number of halogens is 1. The Morgan fingerprint density at radius 3 is 2.21 bits per heavy atom. The van der Waals surface area contributed by atoms with Crippen LogP contribution in [-0.2, 0) is 4.79 Å². The molecule has 3 N–H and O–H groups in total. The third kappa shape index (κ3) is 7.11. The molecule has 2 saturated heterocycles. The van der Waals surface area contributed by atoms with Crippen LogP contribution in [0.1, 0.15) is 71.1 Å². The molecule has 0 aromatic rings. The summed E-state index contributed by atoms with van der Waals surface area (Å²) < 4.78 is 0. The maximum atomic E-state index is 12.6. The Labute approximate surface area is 176 Å². The molecule has 1 saturated carbocycles. The van der Waals surface area contributed by atoms with Crippen molar-refractivity contribution in [2.24, 2.45) is 11.8 Å². The van der Waals surface area contributed by atoms with Gasteiger partial charge in [0.05, 0.1) is 0 Å². The van der Waals surface area contributed by atoms with Gasteiger partial charge in [-0.05, 0) is 63.5 Å². The van der Waals surface area contributed by atoms with Crippen LogP contribution in [0.4, 0.5) is 4.79 Å². The van der Waals surface area contributed by atoms with Crippen molar-refractivity contribution in [2.45, 2.75) is 83.2 Å². The van der Waals surface area contributed by atoms with Gasteiger partial charge in [0.15, 0.2) is 0 Å². The number of nitrogens with zero attached hydrogens (tertiary/aromatic N) is 1. The highest BCUT2D eigenvalue weighted by atomic mass is 35.5. The Balaban J connectivity index is 0.00000280. The summed E-state index contributed by atoms with van der Waals surface area (Å²) >= 11 is 0. The first-order valence-corrected chi connectivity index (χ1v) is 11.2. The molecule has 2 unspecified atom stereocenters. The molecule has 3 fully saturated rings. The number of hydrogen-bond donors (Lipinski definition) is 3. The van der Waals surface area contributed by atoms with Gasteiger partial charge in [-0.15, -0.1) is 12.4 Å². The second-order valence-corrected chi connectivity index (χ2v) is 8.90. The number of likely N-dealkylation sites (tertiary alicyclic amines) is 1. The second kappa shape index (κ2) is 11.9. The topological polar surface area (TPSA) is 73.5 Å². The maximum absolute atomic E-state index is 12.6. The van der Waals surface area contributed by atoms with E-state index in [0.29, 0.717) is 24.3 Å². The van der Waals surface area contributed by atoms with Gasteiger partial charge in [-0.3, -0.25) is 4.79 Å². The average Bonchev–Trinajstić information content (AvgIpc) is 2.70. The van der Waals surface area contributed by atoms with Gasteiger partial charge in [-0.1, -0.05) is 26.2 Å². The van der Waals surface area contributed by atoms with Crippen LogP contribution in [0.15, 0.2) is 0 Å². The average molecular weight is 415 g/mol. The minimum Gasteiger partial charge on any atom is -0.343 e. The van der Waals surface area contributed by atoms with E-state index in [0.717, 1.165) is 51.9 Å². The lowest BCUT2D eigenvalue weighted by molar-refractivity contribution is -0.133. The van der Waals surface area contributed by atoms with E-state index in [-0.39, 0.29) is 30.4 Å². The number of nitrogens with one attached hydrogen (secondary N) is 3. The number of piperidine rings is 2. The summed E-state index contributed by atoms with van der Waals surface area (Å²) in [5, 5.41) is 9.70. The highest BCUT2D eigenvalue weighted by Crippen LogP contribution is 2.24. The molecule has 0 bridgehead atoms. The van der Waals surface area contributed by atoms with Crippen LogP contribution in [0.25, 0.3) is 0 Å². The molecule has 2 heterocycles. The number of rotatable bonds is 5. The van der Waals surface area contributed by atoms with E-state index < -0.39 is 0 Å². The van der Waals surface area contributed by atoms with E-state index in [1.54, 1.807) is 0 Å². The molecule has 0 spiro atoms. The zero-order chi connectivity index (χ0) is 19.1. The number of amides is 3. The first-order chi connectivity index (χ1) is 13.1. The minimum absolute atomic E-state index is 0. The van der Waals surface area contributed by atoms with Crippen LogP contribution in [0.3, 0.4) is 0 Å². The number of urea groups is 1. The zero-order valence-corrected chi connectivity index (χ0v) is 18.2. The summed E-state index contributed by atoms with van der Waals surface area (Å²) in [5.74, 6) is 1.37. The third-order valence-corrected chi connectivity index (χ3v) is 6.76. The van der Waals surface area contributed by atoms with E-state index in [4.69, 9.17) is 0 Å². The smallest absolute Gasteiger partial charge is 0.315 e. The molecule has 3 amide bonds. The predicted octanol–water partition coefficient (Wildman–Crippen LogP) is 3.06. The summed E-state index contributed by atoms with van der Waals surface area (Å²) in [6.07, 6.45) is 10.8. The fourth-order valence-corrected chi connectivity index (χ4v) is 4.87. The molecule has 162 valence electrons. The molecule has 3 rings (SSSR count). The highest BCUT2D eigenvalue weighted by Gasteiger charge is 2.28. The van der Waals surface area contributed by atoms with Gasteiger partial charge in [-0.25, -0.2) is 4.79 Å². The van der Waals surface area contributed by atoms with Crippen molar-refractivity contribution < 1.29 is 9.59 Å². The van der Waals surface area contributed by atoms with Gasteiger partial charge < -0.3 is 20.9 Å². The van der Waals surface area contributed by atoms with Gasteiger partial charge >= 0.3 is 6.03 Å². The molecule has 1 aliphatic carbocycles. The predicted molar refractivity (Wildman–Crippen MR) is 115 cm³/mol. The van der Waals surface area contributed by atoms with Crippen molar-refractivity contribution in [2.75, 3.05) is 26.2 Å². The van der Waals surface area contributed by atoms with Crippen molar-refractivity contribution in [1.29, 1.82) is 0 Å². The lowest BCUT2D eigenvalue weighted by Gasteiger charge is -2.35. The molecule has 7 heteroatoms. The molecule has 0 aromatic carbocycles. The Bertz CT molecular complexity index is 485. The van der Waals surface area contributed by atoms with Crippen molar-refractivity contribution in [3.63, 3.8) is 0 Å². The van der Waals surface area contributed by atoms with E-state index in [2.05, 4.69) is 22.9 Å². The molecule has 2 atom stereocenters. The molecular weight excluding hydrogens is 376 g/mol. The van der Waals surface area contributed by atoms with Crippen LogP contribution in [0.5, 0.6) is 0 Å². The lowest BCUT2D eigenvalue weighted by Crippen LogP contribution is -2.51. The quantitative estimate of drug-likeness (QED) is 0.647. The van der Waals surface area contributed by atoms with Crippen molar-refractivity contribution in [3.05, 3.63) is 0 Å². The number of carbonyl (C=O) groups excluding carboxylic acids is 2. The Kier molecular flexibility index (Phi) is 9.86. The Hall–Kier alpha value is -1.01. The Morgan fingerprint density at radius 2 is 1.61 bits per heavy atom. The van der Waals surface area contributed by atoms with Gasteiger partial charge in [0.1, 0.15) is 0 Å². The normalized spacial score (nSPS) is 25.5. The summed E-state index contributed by atoms with van der Waals surface area (Å²) in [6, 6.07) is 0.513. The van der Waals surface area contributed by atoms with Crippen LogP contribution >= 0.6 is 12.4 Å². The molecule has 0 aromatic heterocycles. The molecular formula is C21H39ClN4O2. The molecule has 28 heavy (non-hydrogen) atoms. The maximum Gasteiger partial charge on any atom is 0.315 e. The summed E-state index contributed by atoms with van der Waals surface area (Å²) in [4.78, 5) is 26.9. The molecule has 0 radical (unpaired) electrons. The largest absolute Gasteiger partial charge is 0.343 e. The van der Waals surface area contributed by atoms with Gasteiger partial charge in [0.25, 0.3) is 0 Å². The summed E-state index contributed by atoms with van der Waals surface area (Å²) in [7, 11) is 0. The third-order valence-electron chi connectivity index (χ3n) is 6.76. The Morgan fingerprint density at radius 1 is 0.964 bits per heavy atom. The SMILES string of the molecule is CC(CC(=O)N1CCC(NC(=O)NC2CCCCC2)CC1)C1CCCNC1.Cl. The number of hydrogen-bond acceptors (Lipinski definition) is 3. The molecule has 3 aliphatic rings. The fraction of sp³-hybridized carbons (Fsp3) is 0.905. The van der Waals surface area contributed by atoms with Gasteiger partial charge in [-0.2, -0.15) is 0 Å². The second-order valence-electron chi connectivity index (χ2n) is 8.90. The molecule has 6 nitrogen and oxygen atoms in total. The van der Waals surface area contributed by atoms with E-state index in [1.807, 2.05) is 4.90 Å². The molecule has 2 aliphatic heterocycles.